The van der Waals surface area contributed by atoms with Crippen LogP contribution in [0.25, 0.3) is 11.0 Å². The van der Waals surface area contributed by atoms with Crippen LogP contribution in [0.3, 0.4) is 0 Å². The molecular formula is C30H29FN2O5. The van der Waals surface area contributed by atoms with Gasteiger partial charge in [0.25, 0.3) is 5.91 Å². The third-order valence-electron chi connectivity index (χ3n) is 6.16. The molecule has 0 N–H and O–H groups in total. The number of ether oxygens (including phenoxy) is 1. The normalized spacial score (nSPS) is 10.9. The number of rotatable bonds is 11. The summed E-state index contributed by atoms with van der Waals surface area (Å²) in [6, 6.07) is 21.5. The number of para-hydroxylation sites is 1. The number of carbonyl (C=O) groups excluding carboxylic acids is 2. The maximum atomic E-state index is 13.7. The molecule has 0 bridgehead atoms. The van der Waals surface area contributed by atoms with E-state index in [0.717, 1.165) is 0 Å². The molecule has 0 saturated carbocycles. The van der Waals surface area contributed by atoms with Crippen LogP contribution in [0.1, 0.15) is 27.9 Å². The van der Waals surface area contributed by atoms with Crippen molar-refractivity contribution in [1.82, 2.24) is 9.80 Å². The van der Waals surface area contributed by atoms with Crippen LogP contribution in [0.5, 0.6) is 0 Å². The predicted molar refractivity (Wildman–Crippen MR) is 142 cm³/mol. The number of fused-ring (bicyclic) bond motifs is 1. The highest BCUT2D eigenvalue weighted by molar-refractivity contribution is 5.96. The fourth-order valence-electron chi connectivity index (χ4n) is 4.15. The monoisotopic (exact) mass is 516 g/mol. The van der Waals surface area contributed by atoms with Crippen molar-refractivity contribution in [3.05, 3.63) is 118 Å². The second-order valence-corrected chi connectivity index (χ2v) is 8.90. The number of nitrogens with zero attached hydrogens (tertiary/aromatic N) is 2. The van der Waals surface area contributed by atoms with E-state index in [-0.39, 0.29) is 42.7 Å². The first-order valence-electron chi connectivity index (χ1n) is 12.3. The number of hydrogen-bond donors (Lipinski definition) is 0. The lowest BCUT2D eigenvalue weighted by atomic mass is 10.1. The molecule has 0 atom stereocenters. The van der Waals surface area contributed by atoms with Crippen LogP contribution in [0.15, 0.2) is 94.3 Å². The van der Waals surface area contributed by atoms with E-state index in [9.17, 15) is 18.8 Å². The van der Waals surface area contributed by atoms with Crippen LogP contribution in [-0.2, 0) is 22.6 Å². The fraction of sp³-hybridized carbons (Fsp3) is 0.233. The summed E-state index contributed by atoms with van der Waals surface area (Å²) in [7, 11) is 1.58. The minimum Gasteiger partial charge on any atom is -0.464 e. The van der Waals surface area contributed by atoms with Crippen LogP contribution in [-0.4, -0.2) is 48.4 Å². The van der Waals surface area contributed by atoms with Gasteiger partial charge < -0.3 is 19.0 Å². The SMILES string of the molecule is COCCCN(CC(=O)N(Cc1ccc(F)cc1)Cc1coc2ccccc2c1=O)C(=O)c1ccccc1. The highest BCUT2D eigenvalue weighted by Crippen LogP contribution is 2.15. The lowest BCUT2D eigenvalue weighted by Crippen LogP contribution is -2.43. The van der Waals surface area contributed by atoms with Crippen molar-refractivity contribution in [2.75, 3.05) is 26.8 Å². The van der Waals surface area contributed by atoms with Crippen LogP contribution >= 0.6 is 0 Å². The molecule has 4 rings (SSSR count). The molecule has 0 spiro atoms. The molecule has 7 nitrogen and oxygen atoms in total. The zero-order valence-corrected chi connectivity index (χ0v) is 21.1. The molecule has 0 unspecified atom stereocenters. The number of halogens is 1. The van der Waals surface area contributed by atoms with Gasteiger partial charge in [0.15, 0.2) is 5.43 Å². The van der Waals surface area contributed by atoms with Crippen molar-refractivity contribution in [2.24, 2.45) is 0 Å². The molecule has 38 heavy (non-hydrogen) atoms. The molecule has 1 heterocycles. The van der Waals surface area contributed by atoms with Gasteiger partial charge in [-0.05, 0) is 48.4 Å². The molecule has 8 heteroatoms. The Kier molecular flexibility index (Phi) is 9.00. The molecule has 3 aromatic carbocycles. The highest BCUT2D eigenvalue weighted by Gasteiger charge is 2.24. The summed E-state index contributed by atoms with van der Waals surface area (Å²) in [5.74, 6) is -1.02. The minimum atomic E-state index is -0.389. The smallest absolute Gasteiger partial charge is 0.254 e. The van der Waals surface area contributed by atoms with Crippen molar-refractivity contribution in [1.29, 1.82) is 0 Å². The first-order chi connectivity index (χ1) is 18.5. The highest BCUT2D eigenvalue weighted by atomic mass is 19.1. The average molecular weight is 517 g/mol. The predicted octanol–water partition coefficient (Wildman–Crippen LogP) is 4.64. The molecule has 0 aliphatic carbocycles. The molecule has 0 saturated heterocycles. The summed E-state index contributed by atoms with van der Waals surface area (Å²) in [5.41, 5.74) is 1.68. The van der Waals surface area contributed by atoms with Gasteiger partial charge in [-0.3, -0.25) is 14.4 Å². The van der Waals surface area contributed by atoms with Gasteiger partial charge in [-0.25, -0.2) is 4.39 Å². The average Bonchev–Trinajstić information content (AvgIpc) is 2.95. The first kappa shape index (κ1) is 26.8. The van der Waals surface area contributed by atoms with E-state index in [1.165, 1.54) is 28.2 Å². The summed E-state index contributed by atoms with van der Waals surface area (Å²) in [6.45, 7) is 0.642. The largest absolute Gasteiger partial charge is 0.464 e. The van der Waals surface area contributed by atoms with E-state index in [0.29, 0.717) is 47.2 Å². The summed E-state index contributed by atoms with van der Waals surface area (Å²) in [4.78, 5) is 43.0. The Balaban J connectivity index is 1.62. The third-order valence-corrected chi connectivity index (χ3v) is 6.16. The Hall–Kier alpha value is -4.30. The molecule has 2 amide bonds. The maximum absolute atomic E-state index is 13.7. The van der Waals surface area contributed by atoms with Gasteiger partial charge in [-0.2, -0.15) is 0 Å². The van der Waals surface area contributed by atoms with Gasteiger partial charge in [0.1, 0.15) is 17.9 Å². The van der Waals surface area contributed by atoms with Gasteiger partial charge in [-0.15, -0.1) is 0 Å². The van der Waals surface area contributed by atoms with E-state index in [1.54, 1.807) is 67.8 Å². The lowest BCUT2D eigenvalue weighted by molar-refractivity contribution is -0.133. The van der Waals surface area contributed by atoms with E-state index < -0.39 is 0 Å². The molecule has 196 valence electrons. The van der Waals surface area contributed by atoms with Crippen LogP contribution < -0.4 is 5.43 Å². The Bertz CT molecular complexity index is 1440. The molecule has 0 radical (unpaired) electrons. The van der Waals surface area contributed by atoms with Gasteiger partial charge in [0.05, 0.1) is 23.8 Å². The van der Waals surface area contributed by atoms with Gasteiger partial charge in [0.2, 0.25) is 5.91 Å². The maximum Gasteiger partial charge on any atom is 0.254 e. The summed E-state index contributed by atoms with van der Waals surface area (Å²) >= 11 is 0. The van der Waals surface area contributed by atoms with Crippen molar-refractivity contribution in [3.63, 3.8) is 0 Å². The zero-order chi connectivity index (χ0) is 26.9. The summed E-state index contributed by atoms with van der Waals surface area (Å²) in [6.07, 6.45) is 1.91. The Morgan fingerprint density at radius 2 is 1.61 bits per heavy atom. The molecule has 0 fully saturated rings. The molecule has 4 aromatic rings. The van der Waals surface area contributed by atoms with Crippen molar-refractivity contribution < 1.29 is 23.1 Å². The van der Waals surface area contributed by atoms with E-state index in [2.05, 4.69) is 0 Å². The number of methoxy groups -OCH3 is 1. The fourth-order valence-corrected chi connectivity index (χ4v) is 4.15. The molecule has 1 aromatic heterocycles. The van der Waals surface area contributed by atoms with E-state index >= 15 is 0 Å². The molecular weight excluding hydrogens is 487 g/mol. The van der Waals surface area contributed by atoms with Crippen molar-refractivity contribution >= 4 is 22.8 Å². The lowest BCUT2D eigenvalue weighted by Gasteiger charge is -2.28. The van der Waals surface area contributed by atoms with E-state index in [4.69, 9.17) is 9.15 Å². The summed E-state index contributed by atoms with van der Waals surface area (Å²) < 4.78 is 24.3. The van der Waals surface area contributed by atoms with Crippen molar-refractivity contribution in [2.45, 2.75) is 19.5 Å². The minimum absolute atomic E-state index is 0.0329. The second-order valence-electron chi connectivity index (χ2n) is 8.90. The molecule has 0 aliphatic heterocycles. The Labute approximate surface area is 220 Å². The number of benzene rings is 3. The number of hydrogen-bond acceptors (Lipinski definition) is 5. The van der Waals surface area contributed by atoms with Crippen LogP contribution in [0, 0.1) is 5.82 Å². The third kappa shape index (κ3) is 6.72. The van der Waals surface area contributed by atoms with Gasteiger partial charge >= 0.3 is 0 Å². The van der Waals surface area contributed by atoms with Gasteiger partial charge in [0, 0.05) is 32.4 Å². The topological polar surface area (TPSA) is 80.1 Å². The first-order valence-corrected chi connectivity index (χ1v) is 12.3. The Morgan fingerprint density at radius 3 is 2.34 bits per heavy atom. The number of amides is 2. The van der Waals surface area contributed by atoms with Crippen LogP contribution in [0.4, 0.5) is 4.39 Å². The van der Waals surface area contributed by atoms with Crippen LogP contribution in [0.2, 0.25) is 0 Å². The zero-order valence-electron chi connectivity index (χ0n) is 21.1. The number of carbonyl (C=O) groups is 2. The summed E-state index contributed by atoms with van der Waals surface area (Å²) in [5, 5.41) is 0.416. The second kappa shape index (κ2) is 12.8. The van der Waals surface area contributed by atoms with Crippen molar-refractivity contribution in [3.8, 4) is 0 Å². The quantitative estimate of drug-likeness (QED) is 0.272. The standard InChI is InChI=1S/C30H29FN2O5/c1-37-17-7-16-32(30(36)23-8-3-2-4-9-23)20-28(34)33(18-22-12-14-25(31)15-13-22)19-24-21-38-27-11-6-5-10-26(27)29(24)35/h2-6,8-15,21H,7,16-20H2,1H3. The van der Waals surface area contributed by atoms with Gasteiger partial charge in [-0.1, -0.05) is 42.5 Å². The molecule has 0 aliphatic rings. The van der Waals surface area contributed by atoms with E-state index in [1.807, 2.05) is 6.07 Å². The Morgan fingerprint density at radius 1 is 0.895 bits per heavy atom.